The normalized spacial score (nSPS) is 19.4. The van der Waals surface area contributed by atoms with Crippen LogP contribution in [0.2, 0.25) is 0 Å². The van der Waals surface area contributed by atoms with Crippen LogP contribution in [0, 0.1) is 0 Å². The van der Waals surface area contributed by atoms with E-state index in [0.29, 0.717) is 6.54 Å². The minimum absolute atomic E-state index is 0. The summed E-state index contributed by atoms with van der Waals surface area (Å²) < 4.78 is 0. The van der Waals surface area contributed by atoms with Gasteiger partial charge in [-0.3, -0.25) is 9.69 Å². The molecule has 1 heterocycles. The third-order valence-corrected chi connectivity index (χ3v) is 4.89. The van der Waals surface area contributed by atoms with Gasteiger partial charge in [0.2, 0.25) is 5.91 Å². The van der Waals surface area contributed by atoms with E-state index in [-0.39, 0.29) is 30.7 Å². The summed E-state index contributed by atoms with van der Waals surface area (Å²) in [6.07, 6.45) is 6.94. The lowest BCUT2D eigenvalue weighted by atomic mass is 10.1. The summed E-state index contributed by atoms with van der Waals surface area (Å²) in [6, 6.07) is 8.43. The van der Waals surface area contributed by atoms with Crippen molar-refractivity contribution >= 4 is 30.7 Å². The Kier molecular flexibility index (Phi) is 8.51. The quantitative estimate of drug-likeness (QED) is 0.833. The van der Waals surface area contributed by atoms with Crippen LogP contribution in [0.15, 0.2) is 24.3 Å². The molecule has 1 saturated heterocycles. The van der Waals surface area contributed by atoms with Crippen molar-refractivity contribution in [2.24, 2.45) is 5.73 Å². The van der Waals surface area contributed by atoms with Gasteiger partial charge in [0.05, 0.1) is 5.54 Å². The van der Waals surface area contributed by atoms with Crippen molar-refractivity contribution in [3.63, 3.8) is 0 Å². The van der Waals surface area contributed by atoms with Crippen molar-refractivity contribution in [2.45, 2.75) is 57.2 Å². The van der Waals surface area contributed by atoms with Crippen LogP contribution in [0.3, 0.4) is 0 Å². The number of carbonyl (C=O) groups excluding carboxylic acids is 1. The fourth-order valence-corrected chi connectivity index (χ4v) is 3.13. The zero-order valence-electron chi connectivity index (χ0n) is 14.1. The second kappa shape index (κ2) is 9.62. The van der Waals surface area contributed by atoms with Crippen LogP contribution in [0.5, 0.6) is 0 Å². The zero-order valence-corrected chi connectivity index (χ0v) is 15.8. The molecule has 3 N–H and O–H groups in total. The summed E-state index contributed by atoms with van der Waals surface area (Å²) >= 11 is 0. The molecule has 1 aliphatic carbocycles. The smallest absolute Gasteiger partial charge is 0.240 e. The van der Waals surface area contributed by atoms with Crippen LogP contribution in [-0.4, -0.2) is 29.4 Å². The average molecular weight is 374 g/mol. The van der Waals surface area contributed by atoms with Gasteiger partial charge in [-0.2, -0.15) is 0 Å². The van der Waals surface area contributed by atoms with Gasteiger partial charge in [0, 0.05) is 13.1 Å². The van der Waals surface area contributed by atoms with E-state index in [9.17, 15) is 4.79 Å². The summed E-state index contributed by atoms with van der Waals surface area (Å²) in [4.78, 5) is 14.5. The summed E-state index contributed by atoms with van der Waals surface area (Å²) in [5.41, 5.74) is 7.89. The Labute approximate surface area is 157 Å². The van der Waals surface area contributed by atoms with Gasteiger partial charge < -0.3 is 11.1 Å². The van der Waals surface area contributed by atoms with E-state index in [1.54, 1.807) is 0 Å². The molecule has 3 rings (SSSR count). The first-order chi connectivity index (χ1) is 10.7. The lowest BCUT2D eigenvalue weighted by Gasteiger charge is -2.22. The minimum Gasteiger partial charge on any atom is -0.350 e. The number of rotatable bonds is 5. The average Bonchev–Trinajstić information content (AvgIpc) is 3.31. The Morgan fingerprint density at radius 1 is 1.04 bits per heavy atom. The molecule has 4 nitrogen and oxygen atoms in total. The number of halogens is 2. The number of nitrogens with two attached hydrogens (primary N) is 1. The maximum Gasteiger partial charge on any atom is 0.240 e. The van der Waals surface area contributed by atoms with Gasteiger partial charge in [0.1, 0.15) is 0 Å². The summed E-state index contributed by atoms with van der Waals surface area (Å²) in [5, 5.41) is 3.01. The molecule has 2 fully saturated rings. The van der Waals surface area contributed by atoms with Crippen LogP contribution >= 0.6 is 24.8 Å². The van der Waals surface area contributed by atoms with E-state index >= 15 is 0 Å². The monoisotopic (exact) mass is 373 g/mol. The highest BCUT2D eigenvalue weighted by molar-refractivity contribution is 5.88. The number of nitrogens with zero attached hydrogens (tertiary/aromatic N) is 1. The highest BCUT2D eigenvalue weighted by Gasteiger charge is 2.45. The van der Waals surface area contributed by atoms with Crippen molar-refractivity contribution in [3.05, 3.63) is 35.4 Å². The highest BCUT2D eigenvalue weighted by Crippen LogP contribution is 2.32. The van der Waals surface area contributed by atoms with Crippen molar-refractivity contribution in [1.29, 1.82) is 0 Å². The number of hydrogen-bond acceptors (Lipinski definition) is 3. The van der Waals surface area contributed by atoms with E-state index in [0.717, 1.165) is 19.4 Å². The van der Waals surface area contributed by atoms with Gasteiger partial charge in [-0.25, -0.2) is 0 Å². The molecule has 1 aromatic rings. The fourth-order valence-electron chi connectivity index (χ4n) is 3.13. The van der Waals surface area contributed by atoms with Crippen LogP contribution in [0.4, 0.5) is 0 Å². The maximum atomic E-state index is 12.0. The van der Waals surface area contributed by atoms with Crippen molar-refractivity contribution in [2.75, 3.05) is 13.1 Å². The van der Waals surface area contributed by atoms with Crippen molar-refractivity contribution in [1.82, 2.24) is 10.2 Å². The second-order valence-electron chi connectivity index (χ2n) is 6.80. The number of amides is 1. The third kappa shape index (κ3) is 5.62. The molecule has 1 aromatic carbocycles. The number of hydrogen-bond donors (Lipinski definition) is 2. The highest BCUT2D eigenvalue weighted by atomic mass is 35.5. The second-order valence-corrected chi connectivity index (χ2v) is 6.80. The van der Waals surface area contributed by atoms with Crippen molar-refractivity contribution in [3.8, 4) is 0 Å². The molecule has 0 unspecified atom stereocenters. The third-order valence-electron chi connectivity index (χ3n) is 4.89. The van der Waals surface area contributed by atoms with Crippen LogP contribution < -0.4 is 11.1 Å². The molecule has 2 aliphatic rings. The molecule has 0 spiro atoms. The van der Waals surface area contributed by atoms with E-state index in [1.807, 2.05) is 6.07 Å². The van der Waals surface area contributed by atoms with Gasteiger partial charge in [-0.1, -0.05) is 37.1 Å². The molecule has 1 amide bonds. The molecule has 24 heavy (non-hydrogen) atoms. The SMILES string of the molecule is Cl.Cl.NC1(C(=O)NCc2ccccc2CN2CCCCCC2)CC1. The van der Waals surface area contributed by atoms with E-state index in [1.165, 1.54) is 49.9 Å². The Bertz CT molecular complexity index is 527. The Hall–Kier alpha value is -0.810. The first-order valence-corrected chi connectivity index (χ1v) is 8.54. The molecular formula is C18H29Cl2N3O. The van der Waals surface area contributed by atoms with Crippen LogP contribution in [0.1, 0.15) is 49.7 Å². The van der Waals surface area contributed by atoms with Crippen molar-refractivity contribution < 1.29 is 4.79 Å². The molecule has 136 valence electrons. The molecular weight excluding hydrogens is 345 g/mol. The first-order valence-electron chi connectivity index (χ1n) is 8.54. The number of likely N-dealkylation sites (tertiary alicyclic amines) is 1. The van der Waals surface area contributed by atoms with Crippen LogP contribution in [-0.2, 0) is 17.9 Å². The lowest BCUT2D eigenvalue weighted by Crippen LogP contribution is -2.42. The predicted molar refractivity (Wildman–Crippen MR) is 103 cm³/mol. The van der Waals surface area contributed by atoms with Gasteiger partial charge in [0.15, 0.2) is 0 Å². The lowest BCUT2D eigenvalue weighted by molar-refractivity contribution is -0.123. The number of carbonyl (C=O) groups is 1. The van der Waals surface area contributed by atoms with Gasteiger partial charge in [-0.15, -0.1) is 24.8 Å². The number of nitrogens with one attached hydrogen (secondary N) is 1. The van der Waals surface area contributed by atoms with Gasteiger partial charge >= 0.3 is 0 Å². The molecule has 0 aromatic heterocycles. The molecule has 0 radical (unpaired) electrons. The summed E-state index contributed by atoms with van der Waals surface area (Å²) in [5.74, 6) is -0.00271. The molecule has 1 saturated carbocycles. The van der Waals surface area contributed by atoms with Gasteiger partial charge in [0.25, 0.3) is 0 Å². The summed E-state index contributed by atoms with van der Waals surface area (Å²) in [7, 11) is 0. The maximum absolute atomic E-state index is 12.0. The van der Waals surface area contributed by atoms with E-state index < -0.39 is 5.54 Å². The predicted octanol–water partition coefficient (Wildman–Crippen LogP) is 3.01. The molecule has 6 heteroatoms. The largest absolute Gasteiger partial charge is 0.350 e. The van der Waals surface area contributed by atoms with Crippen LogP contribution in [0.25, 0.3) is 0 Å². The summed E-state index contributed by atoms with van der Waals surface area (Å²) in [6.45, 7) is 3.95. The van der Waals surface area contributed by atoms with Gasteiger partial charge in [-0.05, 0) is 49.9 Å². The van der Waals surface area contributed by atoms with E-state index in [4.69, 9.17) is 5.73 Å². The Morgan fingerprint density at radius 3 is 2.21 bits per heavy atom. The minimum atomic E-state index is -0.584. The topological polar surface area (TPSA) is 58.4 Å². The number of benzene rings is 1. The molecule has 0 bridgehead atoms. The molecule has 1 aliphatic heterocycles. The fraction of sp³-hybridized carbons (Fsp3) is 0.611. The zero-order chi connectivity index (χ0) is 15.4. The first kappa shape index (κ1) is 21.2. The molecule has 0 atom stereocenters. The Morgan fingerprint density at radius 2 is 1.62 bits per heavy atom. The van der Waals surface area contributed by atoms with E-state index in [2.05, 4.69) is 28.4 Å². The Balaban J connectivity index is 0.00000144. The standard InChI is InChI=1S/C18H27N3O.2ClH/c19-18(9-10-18)17(22)20-13-15-7-3-4-8-16(15)14-21-11-5-1-2-6-12-21;;/h3-4,7-8H,1-2,5-6,9-14,19H2,(H,20,22);2*1H.